The molecule has 150 valence electrons. The minimum absolute atomic E-state index is 0.385. The van der Waals surface area contributed by atoms with Gasteiger partial charge in [-0.3, -0.25) is 0 Å². The maximum absolute atomic E-state index is 11.0. The fourth-order valence-electron chi connectivity index (χ4n) is 3.56. The monoisotopic (exact) mass is 492 g/mol. The SMILES string of the molecule is [OH][Zr]([OH])([O]c1ccccc1)[O][Si](c1ccccc1)(c1ccccc1)c1ccccc1. The van der Waals surface area contributed by atoms with Gasteiger partial charge in [-0.15, -0.1) is 0 Å². The molecule has 0 atom stereocenters. The van der Waals surface area contributed by atoms with Crippen LogP contribution in [0.2, 0.25) is 0 Å². The average molecular weight is 494 g/mol. The fraction of sp³-hybridized carbons (Fsp3) is 0. The van der Waals surface area contributed by atoms with E-state index in [4.69, 9.17) is 5.32 Å². The van der Waals surface area contributed by atoms with E-state index in [9.17, 15) is 6.37 Å². The summed E-state index contributed by atoms with van der Waals surface area (Å²) in [6.07, 6.45) is 0. The molecule has 4 aromatic rings. The van der Waals surface area contributed by atoms with Gasteiger partial charge >= 0.3 is 185 Å². The molecule has 0 radical (unpaired) electrons. The van der Waals surface area contributed by atoms with E-state index in [-0.39, 0.29) is 0 Å². The second-order valence-electron chi connectivity index (χ2n) is 6.84. The van der Waals surface area contributed by atoms with E-state index in [1.54, 1.807) is 24.3 Å². The molecule has 0 aliphatic carbocycles. The van der Waals surface area contributed by atoms with E-state index in [1.165, 1.54) is 0 Å². The predicted molar refractivity (Wildman–Crippen MR) is 117 cm³/mol. The van der Waals surface area contributed by atoms with Crippen LogP contribution < -0.4 is 18.4 Å². The summed E-state index contributed by atoms with van der Waals surface area (Å²) in [7, 11) is -3.24. The van der Waals surface area contributed by atoms with Gasteiger partial charge in [0, 0.05) is 0 Å². The fourth-order valence-corrected chi connectivity index (χ4v) is 14.3. The minimum atomic E-state index is -5.45. The van der Waals surface area contributed by atoms with Crippen LogP contribution in [0.3, 0.4) is 0 Å². The molecule has 0 aliphatic heterocycles. The molecule has 0 bridgehead atoms. The van der Waals surface area contributed by atoms with Gasteiger partial charge in [-0.25, -0.2) is 0 Å². The topological polar surface area (TPSA) is 58.9 Å². The van der Waals surface area contributed by atoms with Crippen molar-refractivity contribution in [3.63, 3.8) is 0 Å². The van der Waals surface area contributed by atoms with Crippen LogP contribution in [0, 0.1) is 0 Å². The van der Waals surface area contributed by atoms with Gasteiger partial charge < -0.3 is 0 Å². The van der Waals surface area contributed by atoms with Crippen molar-refractivity contribution in [3.05, 3.63) is 121 Å². The number of benzene rings is 4. The Hall–Kier alpha value is -2.34. The van der Waals surface area contributed by atoms with Crippen LogP contribution >= 0.6 is 0 Å². The second-order valence-corrected chi connectivity index (χ2v) is 14.8. The molecule has 0 unspecified atom stereocenters. The Kier molecular flexibility index (Phi) is 6.42. The van der Waals surface area contributed by atoms with E-state index in [0.29, 0.717) is 5.75 Å². The third-order valence-corrected chi connectivity index (χ3v) is 14.3. The molecule has 0 amide bonds. The van der Waals surface area contributed by atoms with Crippen molar-refractivity contribution in [3.8, 4) is 5.75 Å². The van der Waals surface area contributed by atoms with E-state index in [0.717, 1.165) is 15.6 Å². The summed E-state index contributed by atoms with van der Waals surface area (Å²) < 4.78 is 34.2. The first kappa shape index (κ1) is 20.9. The third kappa shape index (κ3) is 4.53. The first-order valence-electron chi connectivity index (χ1n) is 9.66. The Morgan fingerprint density at radius 3 is 1.20 bits per heavy atom. The summed E-state index contributed by atoms with van der Waals surface area (Å²) >= 11 is -5.45. The normalized spacial score (nSPS) is 11.8. The van der Waals surface area contributed by atoms with Gasteiger partial charge in [-0.05, 0) is 0 Å². The van der Waals surface area contributed by atoms with Crippen LogP contribution in [0.4, 0.5) is 0 Å². The first-order chi connectivity index (χ1) is 14.6. The van der Waals surface area contributed by atoms with Crippen molar-refractivity contribution < 1.29 is 33.7 Å². The molecular weight excluding hydrogens is 472 g/mol. The molecule has 0 aliphatic rings. The summed E-state index contributed by atoms with van der Waals surface area (Å²) in [5.41, 5.74) is 0. The van der Waals surface area contributed by atoms with Crippen LogP contribution in [0.15, 0.2) is 121 Å². The summed E-state index contributed by atoms with van der Waals surface area (Å²) in [5.74, 6) is 0.385. The molecule has 4 nitrogen and oxygen atoms in total. The standard InChI is InChI=1S/C18H15OSi.C6H6O.2H2O.Zr/c19-20(16-10-4-1-5-11-16,17-12-6-2-7-13-17)18-14-8-3-9-15-18;7-6-4-2-1-3-5-6;;;/h1-15H;1-5,7H;2*1H2;/q-1;;;;+4/p-3. The van der Waals surface area contributed by atoms with E-state index >= 15 is 0 Å². The van der Waals surface area contributed by atoms with Crippen LogP contribution in [-0.2, 0) is 24.5 Å². The quantitative estimate of drug-likeness (QED) is 0.307. The summed E-state index contributed by atoms with van der Waals surface area (Å²) in [5, 5.41) is 2.76. The van der Waals surface area contributed by atoms with E-state index < -0.39 is 30.3 Å². The van der Waals surface area contributed by atoms with Crippen LogP contribution in [0.1, 0.15) is 0 Å². The van der Waals surface area contributed by atoms with E-state index in [1.807, 2.05) is 97.1 Å². The molecule has 0 heterocycles. The number of hydrogen-bond donors (Lipinski definition) is 2. The van der Waals surface area contributed by atoms with Crippen molar-refractivity contribution in [1.82, 2.24) is 0 Å². The summed E-state index contributed by atoms with van der Waals surface area (Å²) in [6.45, 7) is 0. The van der Waals surface area contributed by atoms with Gasteiger partial charge in [-0.1, -0.05) is 0 Å². The Morgan fingerprint density at radius 2 is 0.833 bits per heavy atom. The zero-order chi connectivity index (χ0) is 20.9. The van der Waals surface area contributed by atoms with Crippen LogP contribution in [-0.4, -0.2) is 14.7 Å². The van der Waals surface area contributed by atoms with Gasteiger partial charge in [0.15, 0.2) is 0 Å². The molecular formula is C24H22O4SiZr. The van der Waals surface area contributed by atoms with E-state index in [2.05, 4.69) is 0 Å². The molecule has 30 heavy (non-hydrogen) atoms. The van der Waals surface area contributed by atoms with Gasteiger partial charge in [0.2, 0.25) is 0 Å². The summed E-state index contributed by atoms with van der Waals surface area (Å²) in [6, 6.07) is 38.2. The van der Waals surface area contributed by atoms with Crippen LogP contribution in [0.5, 0.6) is 5.75 Å². The van der Waals surface area contributed by atoms with Crippen LogP contribution in [0.25, 0.3) is 0 Å². The maximum atomic E-state index is 11.0. The third-order valence-electron chi connectivity index (χ3n) is 4.82. The molecule has 4 aromatic carbocycles. The number of hydrogen-bond acceptors (Lipinski definition) is 4. The van der Waals surface area contributed by atoms with Crippen molar-refractivity contribution in [2.75, 3.05) is 0 Å². The molecule has 0 aromatic heterocycles. The van der Waals surface area contributed by atoms with Crippen molar-refractivity contribution in [2.24, 2.45) is 0 Å². The first-order valence-corrected chi connectivity index (χ1v) is 15.8. The van der Waals surface area contributed by atoms with Gasteiger partial charge in [0.1, 0.15) is 0 Å². The molecule has 0 saturated carbocycles. The predicted octanol–water partition coefficient (Wildman–Crippen LogP) is 2.55. The molecule has 4 rings (SSSR count). The van der Waals surface area contributed by atoms with Crippen molar-refractivity contribution in [1.29, 1.82) is 0 Å². The molecule has 0 fully saturated rings. The van der Waals surface area contributed by atoms with Gasteiger partial charge in [-0.2, -0.15) is 0 Å². The number of para-hydroxylation sites is 1. The Morgan fingerprint density at radius 1 is 0.500 bits per heavy atom. The zero-order valence-electron chi connectivity index (χ0n) is 16.3. The zero-order valence-corrected chi connectivity index (χ0v) is 19.7. The van der Waals surface area contributed by atoms with Gasteiger partial charge in [0.25, 0.3) is 0 Å². The Bertz CT molecular complexity index is 965. The number of rotatable bonds is 7. The van der Waals surface area contributed by atoms with Crippen molar-refractivity contribution >= 4 is 23.9 Å². The van der Waals surface area contributed by atoms with Gasteiger partial charge in [0.05, 0.1) is 0 Å². The second kappa shape index (κ2) is 9.21. The Labute approximate surface area is 184 Å². The average Bonchev–Trinajstić information content (AvgIpc) is 2.80. The molecule has 2 N–H and O–H groups in total. The Balaban J connectivity index is 1.89. The van der Waals surface area contributed by atoms with Crippen molar-refractivity contribution in [2.45, 2.75) is 0 Å². The molecule has 0 spiro atoms. The summed E-state index contributed by atoms with van der Waals surface area (Å²) in [4.78, 5) is 0. The molecule has 0 saturated heterocycles. The molecule has 6 heteroatoms.